The van der Waals surface area contributed by atoms with Crippen LogP contribution in [-0.2, 0) is 4.79 Å². The first-order chi connectivity index (χ1) is 10.7. The number of carbonyl (C=O) groups is 1. The highest BCUT2D eigenvalue weighted by Crippen LogP contribution is 2.45. The fourth-order valence-electron chi connectivity index (χ4n) is 3.80. The Bertz CT molecular complexity index is 507. The predicted molar refractivity (Wildman–Crippen MR) is 88.1 cm³/mol. The highest BCUT2D eigenvalue weighted by Gasteiger charge is 2.36. The minimum Gasteiger partial charge on any atom is -0.497 e. The van der Waals surface area contributed by atoms with Gasteiger partial charge in [-0.05, 0) is 61.6 Å². The van der Waals surface area contributed by atoms with Crippen LogP contribution in [0.5, 0.6) is 5.75 Å². The lowest BCUT2D eigenvalue weighted by Gasteiger charge is -2.26. The van der Waals surface area contributed by atoms with Gasteiger partial charge in [-0.2, -0.15) is 0 Å². The van der Waals surface area contributed by atoms with Crippen molar-refractivity contribution in [3.63, 3.8) is 0 Å². The fraction of sp³-hybridized carbons (Fsp3) is 0.632. The molecule has 0 N–H and O–H groups in total. The van der Waals surface area contributed by atoms with Crippen molar-refractivity contribution in [3.8, 4) is 5.75 Å². The summed E-state index contributed by atoms with van der Waals surface area (Å²) in [5.41, 5.74) is 1.30. The smallest absolute Gasteiger partial charge is 0.223 e. The van der Waals surface area contributed by atoms with Gasteiger partial charge in [-0.3, -0.25) is 4.79 Å². The van der Waals surface area contributed by atoms with Gasteiger partial charge in [-0.15, -0.1) is 0 Å². The lowest BCUT2D eigenvalue weighted by atomic mass is 9.90. The van der Waals surface area contributed by atoms with Crippen LogP contribution in [0.3, 0.4) is 0 Å². The van der Waals surface area contributed by atoms with Crippen LogP contribution in [0.25, 0.3) is 0 Å². The molecule has 1 aromatic carbocycles. The van der Waals surface area contributed by atoms with E-state index in [1.807, 2.05) is 12.1 Å². The van der Waals surface area contributed by atoms with Crippen LogP contribution in [0.4, 0.5) is 0 Å². The zero-order chi connectivity index (χ0) is 15.5. The molecule has 3 nitrogen and oxygen atoms in total. The number of rotatable bonds is 6. The van der Waals surface area contributed by atoms with Gasteiger partial charge in [0.05, 0.1) is 7.11 Å². The molecular weight excluding hydrogens is 274 g/mol. The number of amides is 1. The summed E-state index contributed by atoms with van der Waals surface area (Å²) in [7, 11) is 1.69. The molecule has 120 valence electrons. The van der Waals surface area contributed by atoms with Crippen molar-refractivity contribution in [2.45, 2.75) is 57.4 Å². The van der Waals surface area contributed by atoms with E-state index in [2.05, 4.69) is 24.0 Å². The summed E-state index contributed by atoms with van der Waals surface area (Å²) in [5.74, 6) is 2.32. The maximum absolute atomic E-state index is 12.8. The van der Waals surface area contributed by atoms with E-state index in [1.54, 1.807) is 7.11 Å². The summed E-state index contributed by atoms with van der Waals surface area (Å²) in [4.78, 5) is 14.9. The summed E-state index contributed by atoms with van der Waals surface area (Å²) < 4.78 is 5.24. The third kappa shape index (κ3) is 3.29. The number of ether oxygens (including phenoxy) is 1. The Morgan fingerprint density at radius 1 is 1.27 bits per heavy atom. The van der Waals surface area contributed by atoms with Gasteiger partial charge in [0.25, 0.3) is 0 Å². The number of carbonyl (C=O) groups excluding carboxylic acids is 1. The van der Waals surface area contributed by atoms with E-state index in [0.29, 0.717) is 30.2 Å². The predicted octanol–water partition coefficient (Wildman–Crippen LogP) is 3.98. The van der Waals surface area contributed by atoms with Gasteiger partial charge in [0, 0.05) is 19.0 Å². The van der Waals surface area contributed by atoms with Crippen molar-refractivity contribution in [1.82, 2.24) is 4.90 Å². The summed E-state index contributed by atoms with van der Waals surface area (Å²) in [6.45, 7) is 3.15. The van der Waals surface area contributed by atoms with E-state index < -0.39 is 0 Å². The van der Waals surface area contributed by atoms with Gasteiger partial charge in [0.2, 0.25) is 5.91 Å². The molecule has 0 aromatic heterocycles. The topological polar surface area (TPSA) is 29.5 Å². The van der Waals surface area contributed by atoms with Crippen LogP contribution in [0, 0.1) is 5.92 Å². The van der Waals surface area contributed by atoms with Crippen LogP contribution in [0.15, 0.2) is 24.3 Å². The molecule has 1 aliphatic carbocycles. The average molecular weight is 301 g/mol. The first-order valence-electron chi connectivity index (χ1n) is 8.66. The standard InChI is InChI=1S/C19H27NO2/c1-3-16-5-4-12-20(16)19(21)13-18(14-6-7-14)15-8-10-17(22-2)11-9-15/h8-11,14,16,18H,3-7,12-13H2,1-2H3. The van der Waals surface area contributed by atoms with E-state index in [4.69, 9.17) is 4.74 Å². The zero-order valence-corrected chi connectivity index (χ0v) is 13.8. The van der Waals surface area contributed by atoms with E-state index in [0.717, 1.165) is 18.7 Å². The van der Waals surface area contributed by atoms with Crippen LogP contribution in [0.1, 0.15) is 56.9 Å². The van der Waals surface area contributed by atoms with Gasteiger partial charge in [-0.25, -0.2) is 0 Å². The van der Waals surface area contributed by atoms with Crippen LogP contribution < -0.4 is 4.74 Å². The molecule has 22 heavy (non-hydrogen) atoms. The van der Waals surface area contributed by atoms with Gasteiger partial charge in [-0.1, -0.05) is 19.1 Å². The van der Waals surface area contributed by atoms with Crippen molar-refractivity contribution < 1.29 is 9.53 Å². The molecule has 1 amide bonds. The zero-order valence-electron chi connectivity index (χ0n) is 13.8. The summed E-state index contributed by atoms with van der Waals surface area (Å²) in [6, 6.07) is 8.77. The lowest BCUT2D eigenvalue weighted by Crippen LogP contribution is -2.36. The molecule has 1 saturated heterocycles. The lowest BCUT2D eigenvalue weighted by molar-refractivity contribution is -0.132. The number of methoxy groups -OCH3 is 1. The number of hydrogen-bond acceptors (Lipinski definition) is 2. The Morgan fingerprint density at radius 2 is 2.00 bits per heavy atom. The summed E-state index contributed by atoms with van der Waals surface area (Å²) in [6.07, 6.45) is 6.64. The van der Waals surface area contributed by atoms with Crippen molar-refractivity contribution in [2.24, 2.45) is 5.92 Å². The monoisotopic (exact) mass is 301 g/mol. The second kappa shape index (κ2) is 6.72. The van der Waals surface area contributed by atoms with Gasteiger partial charge in [0.15, 0.2) is 0 Å². The number of hydrogen-bond donors (Lipinski definition) is 0. The number of nitrogens with zero attached hydrogens (tertiary/aromatic N) is 1. The summed E-state index contributed by atoms with van der Waals surface area (Å²) in [5, 5.41) is 0. The minimum atomic E-state index is 0.358. The Hall–Kier alpha value is -1.51. The highest BCUT2D eigenvalue weighted by molar-refractivity contribution is 5.78. The average Bonchev–Trinajstić information content (AvgIpc) is 3.28. The maximum Gasteiger partial charge on any atom is 0.223 e. The van der Waals surface area contributed by atoms with Gasteiger partial charge >= 0.3 is 0 Å². The molecule has 1 aromatic rings. The van der Waals surface area contributed by atoms with Crippen molar-refractivity contribution in [2.75, 3.05) is 13.7 Å². The molecule has 0 radical (unpaired) electrons. The van der Waals surface area contributed by atoms with Crippen LogP contribution in [0.2, 0.25) is 0 Å². The van der Waals surface area contributed by atoms with Crippen molar-refractivity contribution >= 4 is 5.91 Å². The Labute approximate surface area is 133 Å². The molecule has 3 rings (SSSR count). The molecule has 2 fully saturated rings. The molecule has 2 aliphatic rings. The fourth-order valence-corrected chi connectivity index (χ4v) is 3.80. The molecule has 0 bridgehead atoms. The van der Waals surface area contributed by atoms with E-state index in [1.165, 1.54) is 31.2 Å². The first-order valence-corrected chi connectivity index (χ1v) is 8.66. The second-order valence-electron chi connectivity index (χ2n) is 6.71. The molecule has 3 heteroatoms. The Balaban J connectivity index is 1.70. The van der Waals surface area contributed by atoms with Gasteiger partial charge in [0.1, 0.15) is 5.75 Å². The molecule has 2 atom stereocenters. The largest absolute Gasteiger partial charge is 0.497 e. The Kier molecular flexibility index (Phi) is 4.70. The molecule has 1 heterocycles. The Morgan fingerprint density at radius 3 is 2.59 bits per heavy atom. The SMILES string of the molecule is CCC1CCCN1C(=O)CC(c1ccc(OC)cc1)C1CC1. The van der Waals surface area contributed by atoms with Crippen molar-refractivity contribution in [1.29, 1.82) is 0 Å². The first kappa shape index (κ1) is 15.4. The van der Waals surface area contributed by atoms with E-state index in [-0.39, 0.29) is 0 Å². The minimum absolute atomic E-state index is 0.358. The van der Waals surface area contributed by atoms with E-state index in [9.17, 15) is 4.79 Å². The third-order valence-corrected chi connectivity index (χ3v) is 5.30. The molecule has 2 unspecified atom stereocenters. The molecule has 0 spiro atoms. The second-order valence-corrected chi connectivity index (χ2v) is 6.71. The van der Waals surface area contributed by atoms with Gasteiger partial charge < -0.3 is 9.64 Å². The molecular formula is C19H27NO2. The number of likely N-dealkylation sites (tertiary alicyclic amines) is 1. The molecule has 1 saturated carbocycles. The van der Waals surface area contributed by atoms with E-state index >= 15 is 0 Å². The van der Waals surface area contributed by atoms with Crippen LogP contribution in [-0.4, -0.2) is 30.5 Å². The molecule has 1 aliphatic heterocycles. The normalized spacial score (nSPS) is 22.6. The maximum atomic E-state index is 12.8. The third-order valence-electron chi connectivity index (χ3n) is 5.30. The van der Waals surface area contributed by atoms with Crippen molar-refractivity contribution in [3.05, 3.63) is 29.8 Å². The summed E-state index contributed by atoms with van der Waals surface area (Å²) >= 11 is 0. The quantitative estimate of drug-likeness (QED) is 0.795. The van der Waals surface area contributed by atoms with Crippen LogP contribution >= 0.6 is 0 Å². The number of benzene rings is 1. The highest BCUT2D eigenvalue weighted by atomic mass is 16.5.